The van der Waals surface area contributed by atoms with Crippen LogP contribution in [0, 0.1) is 0 Å². The van der Waals surface area contributed by atoms with Gasteiger partial charge in [-0.2, -0.15) is 5.10 Å². The maximum Gasteiger partial charge on any atom is 0.329 e. The molecule has 23 heavy (non-hydrogen) atoms. The van der Waals surface area contributed by atoms with Crippen molar-refractivity contribution in [2.45, 2.75) is 0 Å². The molecule has 118 valence electrons. The molecule has 2 aromatic rings. The van der Waals surface area contributed by atoms with Gasteiger partial charge in [0.2, 0.25) is 0 Å². The molecule has 0 aliphatic rings. The van der Waals surface area contributed by atoms with Gasteiger partial charge in [0, 0.05) is 16.3 Å². The minimum Gasteiger partial charge on any atom is -0.318 e. The van der Waals surface area contributed by atoms with Gasteiger partial charge >= 0.3 is 11.8 Å². The van der Waals surface area contributed by atoms with Crippen molar-refractivity contribution in [1.82, 2.24) is 5.43 Å². The van der Waals surface area contributed by atoms with E-state index >= 15 is 0 Å². The Morgan fingerprint density at radius 2 is 1.65 bits per heavy atom. The second-order valence-electron chi connectivity index (χ2n) is 4.30. The number of carbonyl (C=O) groups is 2. The third-order valence-electron chi connectivity index (χ3n) is 2.66. The summed E-state index contributed by atoms with van der Waals surface area (Å²) in [6, 6.07) is 11.4. The standard InChI is InChI=1S/C15H10Cl3N3O2/c16-11-4-2-1-3-9(11)8-19-21-15(23)14(22)20-10-5-6-12(17)13(18)7-10/h1-8H,(H,20,22)(H,21,23). The van der Waals surface area contributed by atoms with Crippen molar-refractivity contribution in [3.63, 3.8) is 0 Å². The zero-order valence-electron chi connectivity index (χ0n) is 11.5. The van der Waals surface area contributed by atoms with Crippen molar-refractivity contribution in [3.05, 3.63) is 63.1 Å². The van der Waals surface area contributed by atoms with Gasteiger partial charge in [-0.3, -0.25) is 9.59 Å². The fourth-order valence-electron chi connectivity index (χ4n) is 1.55. The van der Waals surface area contributed by atoms with Crippen LogP contribution in [0.3, 0.4) is 0 Å². The first kappa shape index (κ1) is 17.3. The summed E-state index contributed by atoms with van der Waals surface area (Å²) >= 11 is 17.5. The van der Waals surface area contributed by atoms with Gasteiger partial charge in [0.15, 0.2) is 0 Å². The van der Waals surface area contributed by atoms with Crippen LogP contribution in [0.15, 0.2) is 47.6 Å². The maximum absolute atomic E-state index is 11.7. The van der Waals surface area contributed by atoms with Crippen molar-refractivity contribution < 1.29 is 9.59 Å². The van der Waals surface area contributed by atoms with Gasteiger partial charge in [-0.25, -0.2) is 5.43 Å². The Bertz CT molecular complexity index is 778. The summed E-state index contributed by atoms with van der Waals surface area (Å²) in [5.41, 5.74) is 3.06. The Morgan fingerprint density at radius 1 is 0.913 bits per heavy atom. The van der Waals surface area contributed by atoms with E-state index in [0.29, 0.717) is 21.3 Å². The third-order valence-corrected chi connectivity index (χ3v) is 3.74. The third kappa shape index (κ3) is 4.96. The summed E-state index contributed by atoms with van der Waals surface area (Å²) < 4.78 is 0. The van der Waals surface area contributed by atoms with Crippen LogP contribution in [0.25, 0.3) is 0 Å². The molecule has 2 aromatic carbocycles. The van der Waals surface area contributed by atoms with E-state index in [1.807, 2.05) is 0 Å². The molecular weight excluding hydrogens is 361 g/mol. The average molecular weight is 371 g/mol. The molecule has 8 heteroatoms. The van der Waals surface area contributed by atoms with Crippen LogP contribution >= 0.6 is 34.8 Å². The molecule has 5 nitrogen and oxygen atoms in total. The summed E-state index contributed by atoms with van der Waals surface area (Å²) in [4.78, 5) is 23.4. The van der Waals surface area contributed by atoms with Gasteiger partial charge in [-0.15, -0.1) is 0 Å². The number of anilines is 1. The van der Waals surface area contributed by atoms with Crippen molar-refractivity contribution in [1.29, 1.82) is 0 Å². The smallest absolute Gasteiger partial charge is 0.318 e. The Balaban J connectivity index is 1.94. The number of hydrogen-bond acceptors (Lipinski definition) is 3. The van der Waals surface area contributed by atoms with Gasteiger partial charge in [0.25, 0.3) is 0 Å². The van der Waals surface area contributed by atoms with E-state index in [1.54, 1.807) is 24.3 Å². The highest BCUT2D eigenvalue weighted by molar-refractivity contribution is 6.43. The summed E-state index contributed by atoms with van der Waals surface area (Å²) in [7, 11) is 0. The van der Waals surface area contributed by atoms with E-state index in [0.717, 1.165) is 0 Å². The first-order valence-electron chi connectivity index (χ1n) is 6.31. The van der Waals surface area contributed by atoms with Crippen LogP contribution in [0.4, 0.5) is 5.69 Å². The van der Waals surface area contributed by atoms with Crippen LogP contribution in [0.2, 0.25) is 15.1 Å². The summed E-state index contributed by atoms with van der Waals surface area (Å²) in [5, 5.41) is 7.14. The number of nitrogens with one attached hydrogen (secondary N) is 2. The normalized spacial score (nSPS) is 10.6. The number of hydrazone groups is 1. The lowest BCUT2D eigenvalue weighted by molar-refractivity contribution is -0.136. The van der Waals surface area contributed by atoms with Crippen LogP contribution in [0.5, 0.6) is 0 Å². The number of halogens is 3. The fourth-order valence-corrected chi connectivity index (χ4v) is 2.04. The molecule has 0 fully saturated rings. The van der Waals surface area contributed by atoms with Gasteiger partial charge < -0.3 is 5.32 Å². The van der Waals surface area contributed by atoms with Crippen molar-refractivity contribution in [3.8, 4) is 0 Å². The molecule has 2 rings (SSSR count). The molecule has 0 aromatic heterocycles. The molecule has 0 spiro atoms. The molecule has 0 unspecified atom stereocenters. The maximum atomic E-state index is 11.7. The molecular formula is C15H10Cl3N3O2. The first-order chi connectivity index (χ1) is 11.0. The van der Waals surface area contributed by atoms with Crippen molar-refractivity contribution >= 4 is 58.5 Å². The zero-order chi connectivity index (χ0) is 16.8. The van der Waals surface area contributed by atoms with Gasteiger partial charge in [0.05, 0.1) is 16.3 Å². The Morgan fingerprint density at radius 3 is 2.35 bits per heavy atom. The molecule has 0 aliphatic heterocycles. The van der Waals surface area contributed by atoms with Crippen LogP contribution < -0.4 is 10.7 Å². The molecule has 0 aliphatic carbocycles. The average Bonchev–Trinajstić information content (AvgIpc) is 2.52. The predicted molar refractivity (Wildman–Crippen MR) is 92.3 cm³/mol. The summed E-state index contributed by atoms with van der Waals surface area (Å²) in [6.07, 6.45) is 1.34. The summed E-state index contributed by atoms with van der Waals surface area (Å²) in [6.45, 7) is 0. The van der Waals surface area contributed by atoms with Crippen LogP contribution in [0.1, 0.15) is 5.56 Å². The Kier molecular flexibility index (Phi) is 5.98. The molecule has 2 amide bonds. The van der Waals surface area contributed by atoms with E-state index < -0.39 is 11.8 Å². The highest BCUT2D eigenvalue weighted by Gasteiger charge is 2.13. The number of amides is 2. The fraction of sp³-hybridized carbons (Fsp3) is 0. The lowest BCUT2D eigenvalue weighted by Crippen LogP contribution is -2.32. The number of nitrogens with zero attached hydrogens (tertiary/aromatic N) is 1. The minimum atomic E-state index is -0.931. The lowest BCUT2D eigenvalue weighted by atomic mass is 10.2. The molecule has 0 heterocycles. The van der Waals surface area contributed by atoms with E-state index in [2.05, 4.69) is 15.8 Å². The molecule has 0 atom stereocenters. The number of benzene rings is 2. The van der Waals surface area contributed by atoms with Crippen LogP contribution in [-0.4, -0.2) is 18.0 Å². The van der Waals surface area contributed by atoms with Gasteiger partial charge in [0.1, 0.15) is 0 Å². The Hall–Kier alpha value is -2.08. The highest BCUT2D eigenvalue weighted by atomic mass is 35.5. The topological polar surface area (TPSA) is 70.6 Å². The molecule has 0 bridgehead atoms. The largest absolute Gasteiger partial charge is 0.329 e. The van der Waals surface area contributed by atoms with E-state index in [-0.39, 0.29) is 5.02 Å². The second-order valence-corrected chi connectivity index (χ2v) is 5.53. The number of carbonyl (C=O) groups excluding carboxylic acids is 2. The zero-order valence-corrected chi connectivity index (χ0v) is 13.8. The minimum absolute atomic E-state index is 0.265. The van der Waals surface area contributed by atoms with Gasteiger partial charge in [-0.05, 0) is 24.3 Å². The quantitative estimate of drug-likeness (QED) is 0.491. The van der Waals surface area contributed by atoms with Crippen LogP contribution in [-0.2, 0) is 9.59 Å². The van der Waals surface area contributed by atoms with E-state index in [9.17, 15) is 9.59 Å². The summed E-state index contributed by atoms with van der Waals surface area (Å²) in [5.74, 6) is -1.82. The molecule has 0 radical (unpaired) electrons. The van der Waals surface area contributed by atoms with E-state index in [1.165, 1.54) is 24.4 Å². The van der Waals surface area contributed by atoms with Crippen molar-refractivity contribution in [2.24, 2.45) is 5.10 Å². The number of rotatable bonds is 3. The molecule has 2 N–H and O–H groups in total. The monoisotopic (exact) mass is 369 g/mol. The number of hydrogen-bond donors (Lipinski definition) is 2. The lowest BCUT2D eigenvalue weighted by Gasteiger charge is -2.05. The van der Waals surface area contributed by atoms with E-state index in [4.69, 9.17) is 34.8 Å². The first-order valence-corrected chi connectivity index (χ1v) is 7.44. The van der Waals surface area contributed by atoms with Crippen molar-refractivity contribution in [2.75, 3.05) is 5.32 Å². The second kappa shape index (κ2) is 7.97. The highest BCUT2D eigenvalue weighted by Crippen LogP contribution is 2.24. The van der Waals surface area contributed by atoms with Gasteiger partial charge in [-0.1, -0.05) is 53.0 Å². The molecule has 0 saturated carbocycles. The molecule has 0 saturated heterocycles. The Labute approximate surface area is 147 Å². The SMILES string of the molecule is O=C(NN=Cc1ccccc1Cl)C(=O)Nc1ccc(Cl)c(Cl)c1. The predicted octanol–water partition coefficient (Wildman–Crippen LogP) is 3.74.